The van der Waals surface area contributed by atoms with Gasteiger partial charge in [-0.2, -0.15) is 5.10 Å². The van der Waals surface area contributed by atoms with Gasteiger partial charge in [0.05, 0.1) is 5.71 Å². The smallest absolute Gasteiger partial charge is 0.180 e. The molecule has 0 amide bonds. The zero-order chi connectivity index (χ0) is 13.1. The summed E-state index contributed by atoms with van der Waals surface area (Å²) in [7, 11) is 0. The van der Waals surface area contributed by atoms with Crippen LogP contribution >= 0.6 is 11.8 Å². The Bertz CT molecular complexity index is 630. The quantitative estimate of drug-likeness (QED) is 0.909. The first-order valence-electron chi connectivity index (χ1n) is 6.01. The molecule has 3 nitrogen and oxygen atoms in total. The number of hydrogen-bond acceptors (Lipinski definition) is 4. The van der Waals surface area contributed by atoms with Crippen LogP contribution in [0.4, 0.5) is 0 Å². The highest BCUT2D eigenvalue weighted by Gasteiger charge is 2.10. The number of hydrogen-bond donors (Lipinski definition) is 1. The predicted molar refractivity (Wildman–Crippen MR) is 82.5 cm³/mol. The molecule has 0 radical (unpaired) electrons. The van der Waals surface area contributed by atoms with Gasteiger partial charge in [0.15, 0.2) is 5.17 Å². The van der Waals surface area contributed by atoms with Crippen molar-refractivity contribution in [2.45, 2.75) is 0 Å². The molecule has 0 spiro atoms. The molecule has 3 rings (SSSR count). The van der Waals surface area contributed by atoms with E-state index in [1.54, 1.807) is 0 Å². The number of amidine groups is 1. The number of thioether (sulfide) groups is 1. The second-order valence-electron chi connectivity index (χ2n) is 4.22. The monoisotopic (exact) mass is 267 g/mol. The van der Waals surface area contributed by atoms with Gasteiger partial charge >= 0.3 is 0 Å². The van der Waals surface area contributed by atoms with Gasteiger partial charge in [-0.1, -0.05) is 66.4 Å². The molecule has 0 bridgehead atoms. The predicted octanol–water partition coefficient (Wildman–Crippen LogP) is 3.12. The summed E-state index contributed by atoms with van der Waals surface area (Å²) in [6.07, 6.45) is 0. The van der Waals surface area contributed by atoms with Crippen molar-refractivity contribution in [3.8, 4) is 11.1 Å². The van der Waals surface area contributed by atoms with Crippen molar-refractivity contribution in [2.24, 2.45) is 15.9 Å². The van der Waals surface area contributed by atoms with E-state index in [1.807, 2.05) is 18.2 Å². The van der Waals surface area contributed by atoms with E-state index in [-0.39, 0.29) is 0 Å². The second-order valence-corrected chi connectivity index (χ2v) is 5.21. The second kappa shape index (κ2) is 5.28. The van der Waals surface area contributed by atoms with Crippen LogP contribution in [0, 0.1) is 0 Å². The molecule has 4 heteroatoms. The molecule has 1 aliphatic heterocycles. The summed E-state index contributed by atoms with van der Waals surface area (Å²) >= 11 is 1.52. The molecule has 0 fully saturated rings. The molecular weight excluding hydrogens is 254 g/mol. The Morgan fingerprint density at radius 1 is 0.789 bits per heavy atom. The van der Waals surface area contributed by atoms with Crippen LogP contribution in [0.1, 0.15) is 5.56 Å². The van der Waals surface area contributed by atoms with Crippen molar-refractivity contribution in [3.05, 3.63) is 60.2 Å². The maximum Gasteiger partial charge on any atom is 0.180 e. The van der Waals surface area contributed by atoms with E-state index in [1.165, 1.54) is 22.9 Å². The van der Waals surface area contributed by atoms with E-state index >= 15 is 0 Å². The Labute approximate surface area is 116 Å². The third-order valence-corrected chi connectivity index (χ3v) is 3.75. The zero-order valence-electron chi connectivity index (χ0n) is 10.3. The number of rotatable bonds is 2. The standard InChI is InChI=1S/C15H13N3S/c16-15-18-17-14(10-19-15)13-8-6-12(7-9-13)11-4-2-1-3-5-11/h1-9H,10H2,(H2,16,18). The Morgan fingerprint density at radius 2 is 1.42 bits per heavy atom. The maximum atomic E-state index is 5.58. The van der Waals surface area contributed by atoms with Crippen molar-refractivity contribution in [2.75, 3.05) is 5.75 Å². The Morgan fingerprint density at radius 3 is 2.05 bits per heavy atom. The lowest BCUT2D eigenvalue weighted by Crippen LogP contribution is -2.16. The molecular formula is C15H13N3S. The van der Waals surface area contributed by atoms with Crippen LogP contribution in [0.5, 0.6) is 0 Å². The lowest BCUT2D eigenvalue weighted by atomic mass is 10.0. The first kappa shape index (κ1) is 12.0. The number of nitrogens with zero attached hydrogens (tertiary/aromatic N) is 2. The normalized spacial score (nSPS) is 14.7. The van der Waals surface area contributed by atoms with E-state index < -0.39 is 0 Å². The Hall–Kier alpha value is -2.07. The molecule has 0 saturated heterocycles. The molecule has 1 heterocycles. The fraction of sp³-hybridized carbons (Fsp3) is 0.0667. The van der Waals surface area contributed by atoms with Gasteiger partial charge in [0, 0.05) is 5.75 Å². The van der Waals surface area contributed by atoms with Gasteiger partial charge in [-0.25, -0.2) is 0 Å². The van der Waals surface area contributed by atoms with E-state index in [0.29, 0.717) is 5.17 Å². The van der Waals surface area contributed by atoms with Gasteiger partial charge in [-0.15, -0.1) is 5.10 Å². The molecule has 1 aliphatic rings. The van der Waals surface area contributed by atoms with Gasteiger partial charge in [-0.05, 0) is 16.7 Å². The molecule has 94 valence electrons. The topological polar surface area (TPSA) is 50.7 Å². The fourth-order valence-electron chi connectivity index (χ4n) is 1.94. The first-order chi connectivity index (χ1) is 9.33. The van der Waals surface area contributed by atoms with Crippen LogP contribution in [-0.2, 0) is 0 Å². The van der Waals surface area contributed by atoms with Crippen molar-refractivity contribution < 1.29 is 0 Å². The van der Waals surface area contributed by atoms with Crippen molar-refractivity contribution >= 4 is 22.6 Å². The lowest BCUT2D eigenvalue weighted by molar-refractivity contribution is 1.22. The zero-order valence-corrected chi connectivity index (χ0v) is 11.1. The Kier molecular flexibility index (Phi) is 3.33. The summed E-state index contributed by atoms with van der Waals surface area (Å²) in [5.41, 5.74) is 10.1. The molecule has 2 N–H and O–H groups in total. The average Bonchev–Trinajstić information content (AvgIpc) is 2.49. The third kappa shape index (κ3) is 2.69. The molecule has 0 saturated carbocycles. The van der Waals surface area contributed by atoms with Crippen LogP contribution in [0.2, 0.25) is 0 Å². The van der Waals surface area contributed by atoms with Crippen molar-refractivity contribution in [1.29, 1.82) is 0 Å². The highest BCUT2D eigenvalue weighted by Crippen LogP contribution is 2.21. The van der Waals surface area contributed by atoms with Crippen LogP contribution in [0.3, 0.4) is 0 Å². The molecule has 0 aromatic heterocycles. The Balaban J connectivity index is 1.88. The van der Waals surface area contributed by atoms with Crippen molar-refractivity contribution in [1.82, 2.24) is 0 Å². The first-order valence-corrected chi connectivity index (χ1v) is 7.00. The van der Waals surface area contributed by atoms with Crippen LogP contribution in [0.15, 0.2) is 64.8 Å². The van der Waals surface area contributed by atoms with Crippen molar-refractivity contribution in [3.63, 3.8) is 0 Å². The van der Waals surface area contributed by atoms with E-state index in [9.17, 15) is 0 Å². The van der Waals surface area contributed by atoms with E-state index in [2.05, 4.69) is 46.6 Å². The van der Waals surface area contributed by atoms with E-state index in [4.69, 9.17) is 5.73 Å². The average molecular weight is 267 g/mol. The highest BCUT2D eigenvalue weighted by molar-refractivity contribution is 8.14. The summed E-state index contributed by atoms with van der Waals surface area (Å²) in [6, 6.07) is 18.7. The van der Waals surface area contributed by atoms with Gasteiger partial charge < -0.3 is 5.73 Å². The molecule has 2 aromatic rings. The SMILES string of the molecule is NC1=NN=C(c2ccc(-c3ccccc3)cc2)CS1. The molecule has 19 heavy (non-hydrogen) atoms. The number of benzene rings is 2. The van der Waals surface area contributed by atoms with Crippen LogP contribution < -0.4 is 5.73 Å². The molecule has 0 atom stereocenters. The largest absolute Gasteiger partial charge is 0.377 e. The minimum atomic E-state index is 0.532. The lowest BCUT2D eigenvalue weighted by Gasteiger charge is -2.09. The van der Waals surface area contributed by atoms with Gasteiger partial charge in [-0.3, -0.25) is 0 Å². The summed E-state index contributed by atoms with van der Waals surface area (Å²) in [5, 5.41) is 8.59. The maximum absolute atomic E-state index is 5.58. The van der Waals surface area contributed by atoms with Gasteiger partial charge in [0.25, 0.3) is 0 Å². The van der Waals surface area contributed by atoms with Crippen LogP contribution in [-0.4, -0.2) is 16.6 Å². The fourth-order valence-corrected chi connectivity index (χ4v) is 2.54. The van der Waals surface area contributed by atoms with E-state index in [0.717, 1.165) is 17.0 Å². The molecule has 2 aromatic carbocycles. The minimum absolute atomic E-state index is 0.532. The summed E-state index contributed by atoms with van der Waals surface area (Å²) in [5.74, 6) is 0.778. The molecule has 0 unspecified atom stereocenters. The highest BCUT2D eigenvalue weighted by atomic mass is 32.2. The van der Waals surface area contributed by atoms with Gasteiger partial charge in [0.2, 0.25) is 0 Å². The summed E-state index contributed by atoms with van der Waals surface area (Å²) in [6.45, 7) is 0. The number of nitrogens with two attached hydrogens (primary N) is 1. The minimum Gasteiger partial charge on any atom is -0.377 e. The van der Waals surface area contributed by atoms with Crippen LogP contribution in [0.25, 0.3) is 11.1 Å². The summed E-state index contributed by atoms with van der Waals surface area (Å²) < 4.78 is 0. The summed E-state index contributed by atoms with van der Waals surface area (Å²) in [4.78, 5) is 0. The molecule has 0 aliphatic carbocycles. The third-order valence-electron chi connectivity index (χ3n) is 2.95. The van der Waals surface area contributed by atoms with Gasteiger partial charge in [0.1, 0.15) is 0 Å².